The maximum atomic E-state index is 12.8. The third kappa shape index (κ3) is 3.67. The van der Waals surface area contributed by atoms with Crippen molar-refractivity contribution in [3.05, 3.63) is 48.9 Å². The monoisotopic (exact) mass is 363 g/mol. The van der Waals surface area contributed by atoms with Gasteiger partial charge in [0.25, 0.3) is 0 Å². The van der Waals surface area contributed by atoms with Crippen LogP contribution in [0.5, 0.6) is 5.75 Å². The van der Waals surface area contributed by atoms with Crippen LogP contribution >= 0.6 is 0 Å². The Morgan fingerprint density at radius 2 is 2.07 bits per heavy atom. The van der Waals surface area contributed by atoms with Crippen molar-refractivity contribution in [2.45, 2.75) is 12.8 Å². The summed E-state index contributed by atoms with van der Waals surface area (Å²) >= 11 is 0. The molecule has 1 N–H and O–H groups in total. The van der Waals surface area contributed by atoms with Crippen molar-refractivity contribution in [2.75, 3.05) is 30.4 Å². The van der Waals surface area contributed by atoms with Crippen LogP contribution in [0, 0.1) is 5.92 Å². The number of fused-ring (bicyclic) bond motifs is 1. The average Bonchev–Trinajstić information content (AvgIpc) is 2.74. The SMILES string of the molecule is COc1ccccc1NC(=O)C1CCCN(c2cnc3nccnc3c2)C1. The van der Waals surface area contributed by atoms with Crippen molar-refractivity contribution >= 4 is 28.4 Å². The highest BCUT2D eigenvalue weighted by atomic mass is 16.5. The lowest BCUT2D eigenvalue weighted by atomic mass is 9.96. The van der Waals surface area contributed by atoms with Gasteiger partial charge in [-0.3, -0.25) is 9.78 Å². The van der Waals surface area contributed by atoms with E-state index in [1.54, 1.807) is 25.7 Å². The molecule has 1 atom stereocenters. The summed E-state index contributed by atoms with van der Waals surface area (Å²) in [6.45, 7) is 1.54. The molecule has 0 saturated carbocycles. The third-order valence-electron chi connectivity index (χ3n) is 4.83. The van der Waals surface area contributed by atoms with E-state index in [2.05, 4.69) is 25.2 Å². The van der Waals surface area contributed by atoms with Gasteiger partial charge in [0.15, 0.2) is 5.65 Å². The number of para-hydroxylation sites is 2. The van der Waals surface area contributed by atoms with Gasteiger partial charge in [0, 0.05) is 25.5 Å². The molecular formula is C20H21N5O2. The Morgan fingerprint density at radius 3 is 2.96 bits per heavy atom. The molecule has 2 aromatic heterocycles. The van der Waals surface area contributed by atoms with Gasteiger partial charge in [-0.05, 0) is 31.0 Å². The number of anilines is 2. The number of nitrogens with zero attached hydrogens (tertiary/aromatic N) is 4. The molecule has 138 valence electrons. The second kappa shape index (κ2) is 7.57. The molecule has 3 heterocycles. The molecule has 7 nitrogen and oxygen atoms in total. The summed E-state index contributed by atoms with van der Waals surface area (Å²) in [5.41, 5.74) is 3.06. The number of nitrogens with one attached hydrogen (secondary N) is 1. The van der Waals surface area contributed by atoms with Crippen LogP contribution < -0.4 is 15.0 Å². The van der Waals surface area contributed by atoms with E-state index in [0.717, 1.165) is 30.6 Å². The van der Waals surface area contributed by atoms with Gasteiger partial charge in [-0.1, -0.05) is 12.1 Å². The summed E-state index contributed by atoms with van der Waals surface area (Å²) in [6, 6.07) is 9.43. The number of hydrogen-bond donors (Lipinski definition) is 1. The summed E-state index contributed by atoms with van der Waals surface area (Å²) in [7, 11) is 1.60. The molecule has 1 unspecified atom stereocenters. The standard InChI is InChI=1S/C20H21N5O2/c1-27-18-7-3-2-6-16(18)24-20(26)14-5-4-10-25(13-14)15-11-17-19(23-12-15)22-9-8-21-17/h2-3,6-9,11-12,14H,4-5,10,13H2,1H3,(H,24,26). The maximum Gasteiger partial charge on any atom is 0.229 e. The van der Waals surface area contributed by atoms with Gasteiger partial charge >= 0.3 is 0 Å². The molecule has 1 aliphatic heterocycles. The second-order valence-electron chi connectivity index (χ2n) is 6.57. The average molecular weight is 363 g/mol. The van der Waals surface area contributed by atoms with Crippen LogP contribution in [-0.4, -0.2) is 41.1 Å². The van der Waals surface area contributed by atoms with E-state index in [4.69, 9.17) is 4.74 Å². The highest BCUT2D eigenvalue weighted by molar-refractivity contribution is 5.94. The van der Waals surface area contributed by atoms with Gasteiger partial charge in [0.1, 0.15) is 11.3 Å². The van der Waals surface area contributed by atoms with Crippen LogP contribution in [0.2, 0.25) is 0 Å². The van der Waals surface area contributed by atoms with Gasteiger partial charge in [0.2, 0.25) is 5.91 Å². The van der Waals surface area contributed by atoms with Crippen molar-refractivity contribution in [3.8, 4) is 5.75 Å². The third-order valence-corrected chi connectivity index (χ3v) is 4.83. The zero-order chi connectivity index (χ0) is 18.6. The minimum Gasteiger partial charge on any atom is -0.495 e. The van der Waals surface area contributed by atoms with E-state index in [1.165, 1.54) is 0 Å². The lowest BCUT2D eigenvalue weighted by Crippen LogP contribution is -2.40. The van der Waals surface area contributed by atoms with Crippen LogP contribution in [0.25, 0.3) is 11.2 Å². The van der Waals surface area contributed by atoms with Crippen LogP contribution in [0.4, 0.5) is 11.4 Å². The fraction of sp³-hybridized carbons (Fsp3) is 0.300. The first-order valence-corrected chi connectivity index (χ1v) is 9.00. The van der Waals surface area contributed by atoms with Crippen molar-refractivity contribution in [2.24, 2.45) is 5.92 Å². The van der Waals surface area contributed by atoms with Gasteiger partial charge in [-0.2, -0.15) is 0 Å². The molecule has 0 radical (unpaired) electrons. The minimum absolute atomic E-state index is 0.0118. The topological polar surface area (TPSA) is 80.2 Å². The predicted octanol–water partition coefficient (Wildman–Crippen LogP) is 2.89. The van der Waals surface area contributed by atoms with E-state index in [1.807, 2.05) is 30.3 Å². The van der Waals surface area contributed by atoms with Crippen LogP contribution in [0.3, 0.4) is 0 Å². The highest BCUT2D eigenvalue weighted by Gasteiger charge is 2.27. The predicted molar refractivity (Wildman–Crippen MR) is 104 cm³/mol. The number of hydrogen-bond acceptors (Lipinski definition) is 6. The van der Waals surface area contributed by atoms with Crippen LogP contribution in [0.15, 0.2) is 48.9 Å². The number of ether oxygens (including phenoxy) is 1. The molecule has 27 heavy (non-hydrogen) atoms. The molecule has 1 amide bonds. The summed E-state index contributed by atoms with van der Waals surface area (Å²) < 4.78 is 5.32. The number of piperidine rings is 1. The second-order valence-corrected chi connectivity index (χ2v) is 6.57. The molecule has 1 fully saturated rings. The minimum atomic E-state index is -0.0961. The number of amides is 1. The lowest BCUT2D eigenvalue weighted by Gasteiger charge is -2.33. The van der Waals surface area contributed by atoms with Crippen molar-refractivity contribution < 1.29 is 9.53 Å². The first-order valence-electron chi connectivity index (χ1n) is 9.00. The summed E-state index contributed by atoms with van der Waals surface area (Å²) in [5.74, 6) is 0.578. The Kier molecular flexibility index (Phi) is 4.82. The molecule has 0 bridgehead atoms. The lowest BCUT2D eigenvalue weighted by molar-refractivity contribution is -0.120. The number of carbonyl (C=O) groups excluding carboxylic acids is 1. The number of benzene rings is 1. The Morgan fingerprint density at radius 1 is 1.22 bits per heavy atom. The number of carbonyl (C=O) groups is 1. The summed E-state index contributed by atoms with van der Waals surface area (Å²) in [6.07, 6.45) is 6.90. The van der Waals surface area contributed by atoms with Gasteiger partial charge in [-0.25, -0.2) is 9.97 Å². The fourth-order valence-electron chi connectivity index (χ4n) is 3.43. The van der Waals surface area contributed by atoms with E-state index in [-0.39, 0.29) is 11.8 Å². The highest BCUT2D eigenvalue weighted by Crippen LogP contribution is 2.27. The van der Waals surface area contributed by atoms with E-state index in [0.29, 0.717) is 23.6 Å². The molecule has 4 rings (SSSR count). The fourth-order valence-corrected chi connectivity index (χ4v) is 3.43. The first-order chi connectivity index (χ1) is 13.2. The van der Waals surface area contributed by atoms with Crippen molar-refractivity contribution in [1.82, 2.24) is 15.0 Å². The quantitative estimate of drug-likeness (QED) is 0.768. The summed E-state index contributed by atoms with van der Waals surface area (Å²) in [5, 5.41) is 3.00. The van der Waals surface area contributed by atoms with E-state index < -0.39 is 0 Å². The van der Waals surface area contributed by atoms with Crippen LogP contribution in [-0.2, 0) is 4.79 Å². The Labute approximate surface area is 157 Å². The number of methoxy groups -OCH3 is 1. The molecular weight excluding hydrogens is 342 g/mol. The largest absolute Gasteiger partial charge is 0.495 e. The number of pyridine rings is 1. The number of rotatable bonds is 4. The van der Waals surface area contributed by atoms with Gasteiger partial charge < -0.3 is 15.0 Å². The zero-order valence-electron chi connectivity index (χ0n) is 15.1. The Bertz CT molecular complexity index is 962. The zero-order valence-corrected chi connectivity index (χ0v) is 15.1. The van der Waals surface area contributed by atoms with Crippen molar-refractivity contribution in [3.63, 3.8) is 0 Å². The maximum absolute atomic E-state index is 12.8. The van der Waals surface area contributed by atoms with E-state index in [9.17, 15) is 4.79 Å². The van der Waals surface area contributed by atoms with Gasteiger partial charge in [0.05, 0.1) is 30.6 Å². The Balaban J connectivity index is 1.49. The Hall–Kier alpha value is -3.22. The number of aromatic nitrogens is 3. The molecule has 0 aliphatic carbocycles. The van der Waals surface area contributed by atoms with Crippen LogP contribution in [0.1, 0.15) is 12.8 Å². The summed E-state index contributed by atoms with van der Waals surface area (Å²) in [4.78, 5) is 27.9. The van der Waals surface area contributed by atoms with E-state index >= 15 is 0 Å². The van der Waals surface area contributed by atoms with Gasteiger partial charge in [-0.15, -0.1) is 0 Å². The molecule has 7 heteroatoms. The molecule has 1 aromatic carbocycles. The molecule has 1 saturated heterocycles. The molecule has 0 spiro atoms. The first kappa shape index (κ1) is 17.2. The van der Waals surface area contributed by atoms with Crippen molar-refractivity contribution in [1.29, 1.82) is 0 Å². The smallest absolute Gasteiger partial charge is 0.229 e. The molecule has 1 aliphatic rings. The normalized spacial score (nSPS) is 16.9. The molecule has 3 aromatic rings.